The summed E-state index contributed by atoms with van der Waals surface area (Å²) in [4.78, 5) is 0. The first-order valence-corrected chi connectivity index (χ1v) is 4.19. The van der Waals surface area contributed by atoms with Crippen LogP contribution >= 0.6 is 0 Å². The Balaban J connectivity index is 2.40. The van der Waals surface area contributed by atoms with E-state index in [1.54, 1.807) is 7.05 Å². The van der Waals surface area contributed by atoms with E-state index in [2.05, 4.69) is 6.92 Å². The number of likely N-dealkylation sites (tertiary alicyclic amines) is 1. The van der Waals surface area contributed by atoms with Crippen LogP contribution in [0.25, 0.3) is 0 Å². The van der Waals surface area contributed by atoms with E-state index in [0.717, 1.165) is 19.5 Å². The fourth-order valence-electron chi connectivity index (χ4n) is 1.78. The average Bonchev–Trinajstić information content (AvgIpc) is 1.86. The van der Waals surface area contributed by atoms with E-state index in [9.17, 15) is 5.21 Å². The lowest BCUT2D eigenvalue weighted by Gasteiger charge is -2.44. The highest BCUT2D eigenvalue weighted by Gasteiger charge is 2.22. The van der Waals surface area contributed by atoms with Crippen LogP contribution in [0.2, 0.25) is 0 Å². The van der Waals surface area contributed by atoms with Crippen LogP contribution in [0.5, 0.6) is 0 Å². The van der Waals surface area contributed by atoms with Gasteiger partial charge in [-0.2, -0.15) is 0 Å². The predicted molar refractivity (Wildman–Crippen MR) is 42.3 cm³/mol. The van der Waals surface area contributed by atoms with Gasteiger partial charge in [0.05, 0.1) is 20.1 Å². The molecule has 0 N–H and O–H groups in total. The summed E-state index contributed by atoms with van der Waals surface area (Å²) in [6.07, 6.45) is 3.57. The summed E-state index contributed by atoms with van der Waals surface area (Å²) in [7, 11) is 1.79. The average molecular weight is 143 g/mol. The Kier molecular flexibility index (Phi) is 2.32. The van der Waals surface area contributed by atoms with Crippen molar-refractivity contribution in [3.05, 3.63) is 5.21 Å². The molecular weight excluding hydrogens is 126 g/mol. The first-order chi connectivity index (χ1) is 4.64. The molecule has 2 nitrogen and oxygen atoms in total. The maximum atomic E-state index is 11.4. The highest BCUT2D eigenvalue weighted by Crippen LogP contribution is 2.22. The smallest absolute Gasteiger partial charge is 0.0810 e. The van der Waals surface area contributed by atoms with Crippen molar-refractivity contribution in [1.29, 1.82) is 0 Å². The SMILES string of the molecule is CCC1CCC[N+](C)([O-])C1. The van der Waals surface area contributed by atoms with Crippen LogP contribution in [0.15, 0.2) is 0 Å². The lowest BCUT2D eigenvalue weighted by Crippen LogP contribution is -2.45. The maximum Gasteiger partial charge on any atom is 0.0810 e. The van der Waals surface area contributed by atoms with Crippen molar-refractivity contribution in [2.24, 2.45) is 5.92 Å². The summed E-state index contributed by atoms with van der Waals surface area (Å²) >= 11 is 0. The molecule has 2 heteroatoms. The summed E-state index contributed by atoms with van der Waals surface area (Å²) in [5.41, 5.74) is 0. The molecule has 2 unspecified atom stereocenters. The number of rotatable bonds is 1. The molecule has 1 aliphatic rings. The number of hydrogen-bond acceptors (Lipinski definition) is 1. The molecule has 1 fully saturated rings. The molecule has 0 amide bonds. The highest BCUT2D eigenvalue weighted by atomic mass is 16.5. The summed E-state index contributed by atoms with van der Waals surface area (Å²) in [6.45, 7) is 3.85. The van der Waals surface area contributed by atoms with Crippen LogP contribution in [-0.4, -0.2) is 24.8 Å². The Morgan fingerprint density at radius 2 is 2.30 bits per heavy atom. The van der Waals surface area contributed by atoms with E-state index >= 15 is 0 Å². The van der Waals surface area contributed by atoms with Gasteiger partial charge in [0.25, 0.3) is 0 Å². The van der Waals surface area contributed by atoms with Gasteiger partial charge >= 0.3 is 0 Å². The van der Waals surface area contributed by atoms with Crippen LogP contribution in [-0.2, 0) is 0 Å². The maximum absolute atomic E-state index is 11.4. The fourth-order valence-corrected chi connectivity index (χ4v) is 1.78. The van der Waals surface area contributed by atoms with Crippen molar-refractivity contribution in [2.75, 3.05) is 20.1 Å². The zero-order valence-electron chi connectivity index (χ0n) is 6.97. The standard InChI is InChI=1S/C8H17NO/c1-3-8-5-4-6-9(2,10)7-8/h8H,3-7H2,1-2H3. The fraction of sp³-hybridized carbons (Fsp3) is 1.00. The number of piperidine rings is 1. The molecule has 0 bridgehead atoms. The predicted octanol–water partition coefficient (Wildman–Crippen LogP) is 1.75. The van der Waals surface area contributed by atoms with E-state index in [1.165, 1.54) is 12.8 Å². The minimum absolute atomic E-state index is 0.00148. The Hall–Kier alpha value is -0.0800. The molecule has 60 valence electrons. The topological polar surface area (TPSA) is 23.1 Å². The van der Waals surface area contributed by atoms with Gasteiger partial charge in [-0.15, -0.1) is 0 Å². The number of quaternary nitrogens is 1. The number of nitrogens with zero attached hydrogens (tertiary/aromatic N) is 1. The molecule has 0 radical (unpaired) electrons. The third kappa shape index (κ3) is 1.96. The van der Waals surface area contributed by atoms with E-state index < -0.39 is 0 Å². The van der Waals surface area contributed by atoms with Crippen molar-refractivity contribution in [2.45, 2.75) is 26.2 Å². The number of hydroxylamine groups is 3. The van der Waals surface area contributed by atoms with Crippen molar-refractivity contribution in [1.82, 2.24) is 0 Å². The van der Waals surface area contributed by atoms with Crippen LogP contribution in [0, 0.1) is 11.1 Å². The molecule has 0 aromatic heterocycles. The van der Waals surface area contributed by atoms with Gasteiger partial charge in [-0.3, -0.25) is 0 Å². The van der Waals surface area contributed by atoms with Gasteiger partial charge < -0.3 is 9.85 Å². The van der Waals surface area contributed by atoms with Gasteiger partial charge in [0.1, 0.15) is 0 Å². The number of hydrogen-bond donors (Lipinski definition) is 0. The van der Waals surface area contributed by atoms with Crippen LogP contribution < -0.4 is 0 Å². The summed E-state index contributed by atoms with van der Waals surface area (Å²) in [6, 6.07) is 0. The molecule has 0 saturated carbocycles. The first-order valence-electron chi connectivity index (χ1n) is 4.19. The van der Waals surface area contributed by atoms with Crippen LogP contribution in [0.4, 0.5) is 0 Å². The lowest BCUT2D eigenvalue weighted by molar-refractivity contribution is -0.869. The van der Waals surface area contributed by atoms with Gasteiger partial charge in [0, 0.05) is 5.92 Å². The summed E-state index contributed by atoms with van der Waals surface area (Å²) < 4.78 is -0.00148. The van der Waals surface area contributed by atoms with Gasteiger partial charge in [-0.05, 0) is 19.3 Å². The van der Waals surface area contributed by atoms with E-state index in [1.807, 2.05) is 0 Å². The highest BCUT2D eigenvalue weighted by molar-refractivity contribution is 4.62. The van der Waals surface area contributed by atoms with Gasteiger partial charge in [0.2, 0.25) is 0 Å². The van der Waals surface area contributed by atoms with Crippen LogP contribution in [0.3, 0.4) is 0 Å². The largest absolute Gasteiger partial charge is 0.633 e. The second-order valence-corrected chi connectivity index (χ2v) is 3.62. The van der Waals surface area contributed by atoms with Crippen LogP contribution in [0.1, 0.15) is 26.2 Å². The Labute approximate surface area is 63.0 Å². The molecule has 10 heavy (non-hydrogen) atoms. The van der Waals surface area contributed by atoms with Crippen molar-refractivity contribution < 1.29 is 4.65 Å². The molecule has 1 aliphatic heterocycles. The quantitative estimate of drug-likeness (QED) is 0.405. The second kappa shape index (κ2) is 2.89. The molecule has 0 spiro atoms. The third-order valence-corrected chi connectivity index (χ3v) is 2.47. The minimum atomic E-state index is -0.00148. The summed E-state index contributed by atoms with van der Waals surface area (Å²) in [5.74, 6) is 0.691. The molecule has 1 saturated heterocycles. The van der Waals surface area contributed by atoms with Gasteiger partial charge in [-0.1, -0.05) is 6.92 Å². The molecule has 1 rings (SSSR count). The van der Waals surface area contributed by atoms with E-state index in [4.69, 9.17) is 0 Å². The van der Waals surface area contributed by atoms with Crippen molar-refractivity contribution >= 4 is 0 Å². The van der Waals surface area contributed by atoms with E-state index in [0.29, 0.717) is 5.92 Å². The first kappa shape index (κ1) is 8.02. The molecule has 2 atom stereocenters. The van der Waals surface area contributed by atoms with E-state index in [-0.39, 0.29) is 4.65 Å². The normalized spacial score (nSPS) is 41.7. The Bertz CT molecular complexity index is 112. The molecule has 0 aliphatic carbocycles. The lowest BCUT2D eigenvalue weighted by atomic mass is 9.96. The molecule has 1 heterocycles. The van der Waals surface area contributed by atoms with Gasteiger partial charge in [0.15, 0.2) is 0 Å². The van der Waals surface area contributed by atoms with Crippen molar-refractivity contribution in [3.8, 4) is 0 Å². The minimum Gasteiger partial charge on any atom is -0.633 e. The molecule has 0 aromatic carbocycles. The molecular formula is C8H17NO. The van der Waals surface area contributed by atoms with Gasteiger partial charge in [-0.25, -0.2) is 0 Å². The molecule has 0 aromatic rings. The monoisotopic (exact) mass is 143 g/mol. The summed E-state index contributed by atoms with van der Waals surface area (Å²) in [5, 5.41) is 11.4. The Morgan fingerprint density at radius 1 is 1.60 bits per heavy atom. The third-order valence-electron chi connectivity index (χ3n) is 2.47. The Morgan fingerprint density at radius 3 is 2.70 bits per heavy atom. The zero-order valence-corrected chi connectivity index (χ0v) is 6.97. The zero-order chi connectivity index (χ0) is 7.61. The second-order valence-electron chi connectivity index (χ2n) is 3.62. The van der Waals surface area contributed by atoms with Crippen molar-refractivity contribution in [3.63, 3.8) is 0 Å².